The van der Waals surface area contributed by atoms with Gasteiger partial charge in [0.15, 0.2) is 0 Å². The summed E-state index contributed by atoms with van der Waals surface area (Å²) in [5.41, 5.74) is -0.636. The SMILES string of the molecule is O=[N+]([O-])c1cc(F)ccc1Oc1cccnc1[N+](=O)[O-]. The Morgan fingerprint density at radius 1 is 1.10 bits per heavy atom. The fourth-order valence-electron chi connectivity index (χ4n) is 1.44. The van der Waals surface area contributed by atoms with E-state index in [2.05, 4.69) is 4.98 Å². The molecule has 0 atom stereocenters. The van der Waals surface area contributed by atoms with E-state index in [4.69, 9.17) is 4.74 Å². The number of nitro benzene ring substituents is 1. The van der Waals surface area contributed by atoms with Gasteiger partial charge < -0.3 is 14.9 Å². The molecule has 0 amide bonds. The van der Waals surface area contributed by atoms with Crippen molar-refractivity contribution in [1.29, 1.82) is 0 Å². The van der Waals surface area contributed by atoms with E-state index in [-0.39, 0.29) is 11.5 Å². The number of aromatic nitrogens is 1. The van der Waals surface area contributed by atoms with Crippen LogP contribution in [-0.2, 0) is 0 Å². The van der Waals surface area contributed by atoms with Gasteiger partial charge in [-0.1, -0.05) is 0 Å². The number of hydrogen-bond donors (Lipinski definition) is 0. The lowest BCUT2D eigenvalue weighted by atomic mass is 10.3. The highest BCUT2D eigenvalue weighted by Crippen LogP contribution is 2.34. The number of nitrogens with zero attached hydrogens (tertiary/aromatic N) is 3. The summed E-state index contributed by atoms with van der Waals surface area (Å²) in [6.45, 7) is 0. The predicted octanol–water partition coefficient (Wildman–Crippen LogP) is 2.83. The van der Waals surface area contributed by atoms with Crippen LogP contribution in [0.15, 0.2) is 36.5 Å². The van der Waals surface area contributed by atoms with Crippen LogP contribution in [-0.4, -0.2) is 14.8 Å². The van der Waals surface area contributed by atoms with Gasteiger partial charge in [-0.25, -0.2) is 4.39 Å². The van der Waals surface area contributed by atoms with Gasteiger partial charge in [0.25, 0.3) is 0 Å². The number of rotatable bonds is 4. The molecule has 0 saturated carbocycles. The average Bonchev–Trinajstić information content (AvgIpc) is 2.41. The van der Waals surface area contributed by atoms with Gasteiger partial charge in [0.1, 0.15) is 12.0 Å². The molecule has 0 N–H and O–H groups in total. The number of hydrogen-bond acceptors (Lipinski definition) is 6. The van der Waals surface area contributed by atoms with Crippen molar-refractivity contribution < 1.29 is 19.0 Å². The molecule has 9 heteroatoms. The summed E-state index contributed by atoms with van der Waals surface area (Å²) in [4.78, 5) is 23.4. The van der Waals surface area contributed by atoms with Crippen molar-refractivity contribution >= 4 is 11.5 Å². The third-order valence-electron chi connectivity index (χ3n) is 2.26. The van der Waals surface area contributed by atoms with Gasteiger partial charge in [-0.05, 0) is 34.2 Å². The topological polar surface area (TPSA) is 108 Å². The van der Waals surface area contributed by atoms with Gasteiger partial charge in [0, 0.05) is 0 Å². The first-order valence-corrected chi connectivity index (χ1v) is 5.20. The monoisotopic (exact) mass is 279 g/mol. The van der Waals surface area contributed by atoms with Crippen LogP contribution in [0, 0.1) is 26.0 Å². The van der Waals surface area contributed by atoms with Crippen LogP contribution in [0.2, 0.25) is 0 Å². The first kappa shape index (κ1) is 13.3. The largest absolute Gasteiger partial charge is 0.441 e. The van der Waals surface area contributed by atoms with Crippen molar-refractivity contribution in [3.05, 3.63) is 62.6 Å². The Balaban J connectivity index is 2.45. The van der Waals surface area contributed by atoms with Crippen LogP contribution < -0.4 is 4.74 Å². The quantitative estimate of drug-likeness (QED) is 0.628. The van der Waals surface area contributed by atoms with Crippen LogP contribution in [0.25, 0.3) is 0 Å². The molecule has 0 unspecified atom stereocenters. The van der Waals surface area contributed by atoms with E-state index >= 15 is 0 Å². The third kappa shape index (κ3) is 2.66. The lowest BCUT2D eigenvalue weighted by Crippen LogP contribution is -1.98. The van der Waals surface area contributed by atoms with Gasteiger partial charge >= 0.3 is 11.5 Å². The molecule has 1 aromatic heterocycles. The molecule has 0 aliphatic rings. The molecule has 102 valence electrons. The Labute approximate surface area is 110 Å². The molecule has 2 rings (SSSR count). The Hall–Kier alpha value is -3.10. The van der Waals surface area contributed by atoms with Crippen molar-refractivity contribution in [3.63, 3.8) is 0 Å². The molecule has 2 aromatic rings. The Kier molecular flexibility index (Phi) is 3.51. The number of ether oxygens (including phenoxy) is 1. The van der Waals surface area contributed by atoms with Gasteiger partial charge in [-0.3, -0.25) is 10.1 Å². The fraction of sp³-hybridized carbons (Fsp3) is 0. The smallest absolute Gasteiger partial charge is 0.406 e. The molecule has 1 heterocycles. The van der Waals surface area contributed by atoms with Crippen molar-refractivity contribution in [2.45, 2.75) is 0 Å². The number of pyridine rings is 1. The van der Waals surface area contributed by atoms with E-state index in [0.29, 0.717) is 6.07 Å². The highest BCUT2D eigenvalue weighted by atomic mass is 19.1. The van der Waals surface area contributed by atoms with Gasteiger partial charge in [-0.2, -0.15) is 0 Å². The maximum atomic E-state index is 13.0. The second kappa shape index (κ2) is 5.26. The third-order valence-corrected chi connectivity index (χ3v) is 2.26. The summed E-state index contributed by atoms with van der Waals surface area (Å²) < 4.78 is 18.1. The summed E-state index contributed by atoms with van der Waals surface area (Å²) >= 11 is 0. The highest BCUT2D eigenvalue weighted by molar-refractivity contribution is 5.51. The average molecular weight is 279 g/mol. The maximum Gasteiger partial charge on any atom is 0.406 e. The Morgan fingerprint density at radius 3 is 2.50 bits per heavy atom. The van der Waals surface area contributed by atoms with E-state index in [1.54, 1.807) is 0 Å². The Bertz CT molecular complexity index is 692. The molecule has 0 radical (unpaired) electrons. The second-order valence-corrected chi connectivity index (χ2v) is 3.55. The van der Waals surface area contributed by atoms with Crippen LogP contribution in [0.1, 0.15) is 0 Å². The first-order valence-electron chi connectivity index (χ1n) is 5.20. The van der Waals surface area contributed by atoms with Crippen LogP contribution >= 0.6 is 0 Å². The minimum atomic E-state index is -0.847. The normalized spacial score (nSPS) is 10.1. The zero-order valence-electron chi connectivity index (χ0n) is 9.72. The van der Waals surface area contributed by atoms with Crippen molar-refractivity contribution in [1.82, 2.24) is 4.98 Å². The van der Waals surface area contributed by atoms with E-state index in [1.165, 1.54) is 18.3 Å². The highest BCUT2D eigenvalue weighted by Gasteiger charge is 2.22. The van der Waals surface area contributed by atoms with Gasteiger partial charge in [0.2, 0.25) is 11.5 Å². The summed E-state index contributed by atoms with van der Waals surface area (Å²) in [6.07, 6.45) is 1.18. The van der Waals surface area contributed by atoms with Crippen LogP contribution in [0.4, 0.5) is 15.9 Å². The molecule has 1 aromatic carbocycles. The Morgan fingerprint density at radius 2 is 1.85 bits per heavy atom. The molecule has 0 aliphatic heterocycles. The van der Waals surface area contributed by atoms with E-state index in [1.807, 2.05) is 0 Å². The number of benzene rings is 1. The second-order valence-electron chi connectivity index (χ2n) is 3.55. The number of halogens is 1. The molecular formula is C11H6FN3O5. The summed E-state index contributed by atoms with van der Waals surface area (Å²) in [5.74, 6) is -1.99. The summed E-state index contributed by atoms with van der Waals surface area (Å²) in [7, 11) is 0. The molecule has 0 fully saturated rings. The minimum absolute atomic E-state index is 0.271. The van der Waals surface area contributed by atoms with Crippen molar-refractivity contribution in [2.24, 2.45) is 0 Å². The fourth-order valence-corrected chi connectivity index (χ4v) is 1.44. The minimum Gasteiger partial charge on any atom is -0.441 e. The predicted molar refractivity (Wildman–Crippen MR) is 64.0 cm³/mol. The molecule has 8 nitrogen and oxygen atoms in total. The molecule has 0 bridgehead atoms. The first-order chi connectivity index (χ1) is 9.49. The molecule has 0 saturated heterocycles. The summed E-state index contributed by atoms with van der Waals surface area (Å²) in [5, 5.41) is 21.5. The van der Waals surface area contributed by atoms with Crippen LogP contribution in [0.3, 0.4) is 0 Å². The van der Waals surface area contributed by atoms with Crippen LogP contribution in [0.5, 0.6) is 11.5 Å². The zero-order chi connectivity index (χ0) is 14.7. The standard InChI is InChI=1S/C11H6FN3O5/c12-7-3-4-9(8(6-7)14(16)17)20-10-2-1-5-13-11(10)15(18)19/h1-6H. The zero-order valence-corrected chi connectivity index (χ0v) is 9.72. The van der Waals surface area contributed by atoms with Crippen molar-refractivity contribution in [3.8, 4) is 11.5 Å². The maximum absolute atomic E-state index is 13.0. The molecule has 0 aliphatic carbocycles. The molecule has 20 heavy (non-hydrogen) atoms. The van der Waals surface area contributed by atoms with E-state index in [9.17, 15) is 24.6 Å². The van der Waals surface area contributed by atoms with E-state index < -0.39 is 27.2 Å². The molecular weight excluding hydrogens is 273 g/mol. The number of nitro groups is 2. The lowest BCUT2D eigenvalue weighted by Gasteiger charge is -2.06. The summed E-state index contributed by atoms with van der Waals surface area (Å²) in [6, 6.07) is 5.24. The van der Waals surface area contributed by atoms with E-state index in [0.717, 1.165) is 12.1 Å². The van der Waals surface area contributed by atoms with Crippen molar-refractivity contribution in [2.75, 3.05) is 0 Å². The molecule has 0 spiro atoms. The lowest BCUT2D eigenvalue weighted by molar-refractivity contribution is -0.391. The van der Waals surface area contributed by atoms with Gasteiger partial charge in [0.05, 0.1) is 11.0 Å². The van der Waals surface area contributed by atoms with Gasteiger partial charge in [-0.15, -0.1) is 0 Å².